The molecule has 21 heavy (non-hydrogen) atoms. The van der Waals surface area contributed by atoms with Crippen molar-refractivity contribution in [3.8, 4) is 11.8 Å². The Labute approximate surface area is 129 Å². The average molecular weight is 284 g/mol. The highest BCUT2D eigenvalue weighted by atomic mass is 15.1. The molecule has 0 atom stereocenters. The van der Waals surface area contributed by atoms with Crippen molar-refractivity contribution in [1.29, 1.82) is 0 Å². The Bertz CT molecular complexity index is 491. The lowest BCUT2D eigenvalue weighted by atomic mass is 9.75. The zero-order valence-electron chi connectivity index (χ0n) is 13.7. The van der Waals surface area contributed by atoms with Crippen molar-refractivity contribution in [2.75, 3.05) is 19.6 Å². The minimum atomic E-state index is 0.421. The van der Waals surface area contributed by atoms with Crippen LogP contribution >= 0.6 is 0 Å². The smallest absolute Gasteiger partial charge is 0.0555 e. The van der Waals surface area contributed by atoms with Crippen molar-refractivity contribution in [2.24, 2.45) is 17.1 Å². The molecule has 0 aliphatic carbocycles. The summed E-state index contributed by atoms with van der Waals surface area (Å²) in [6.45, 7) is 11.0. The first-order valence-corrected chi connectivity index (χ1v) is 7.99. The quantitative estimate of drug-likeness (QED) is 0.845. The topological polar surface area (TPSA) is 29.3 Å². The van der Waals surface area contributed by atoms with Gasteiger partial charge in [0, 0.05) is 12.1 Å². The number of hydrogen-bond acceptors (Lipinski definition) is 2. The van der Waals surface area contributed by atoms with Gasteiger partial charge >= 0.3 is 0 Å². The maximum Gasteiger partial charge on any atom is 0.0555 e. The fraction of sp³-hybridized carbons (Fsp3) is 0.579. The molecule has 2 nitrogen and oxygen atoms in total. The predicted octanol–water partition coefficient (Wildman–Crippen LogP) is 3.25. The minimum Gasteiger partial charge on any atom is -0.320 e. The van der Waals surface area contributed by atoms with Crippen LogP contribution in [0.4, 0.5) is 0 Å². The molecular weight excluding hydrogens is 256 g/mol. The van der Waals surface area contributed by atoms with Gasteiger partial charge < -0.3 is 5.73 Å². The number of rotatable bonds is 2. The lowest BCUT2D eigenvalue weighted by Crippen LogP contribution is -2.37. The first kappa shape index (κ1) is 16.1. The van der Waals surface area contributed by atoms with Crippen LogP contribution in [0.3, 0.4) is 0 Å². The van der Waals surface area contributed by atoms with Crippen LogP contribution in [0.2, 0.25) is 0 Å². The van der Waals surface area contributed by atoms with E-state index in [-0.39, 0.29) is 0 Å². The predicted molar refractivity (Wildman–Crippen MR) is 89.8 cm³/mol. The second-order valence-corrected chi connectivity index (χ2v) is 7.12. The maximum absolute atomic E-state index is 5.39. The summed E-state index contributed by atoms with van der Waals surface area (Å²) < 4.78 is 0. The number of nitrogens with zero attached hydrogens (tertiary/aromatic N) is 1. The first-order valence-electron chi connectivity index (χ1n) is 7.99. The molecule has 0 unspecified atom stereocenters. The van der Waals surface area contributed by atoms with Gasteiger partial charge in [0.15, 0.2) is 0 Å². The normalized spacial score (nSPS) is 17.3. The van der Waals surface area contributed by atoms with Crippen LogP contribution in [0.15, 0.2) is 24.3 Å². The largest absolute Gasteiger partial charge is 0.320 e. The van der Waals surface area contributed by atoms with Crippen LogP contribution in [-0.4, -0.2) is 24.5 Å². The molecule has 0 aromatic heterocycles. The summed E-state index contributed by atoms with van der Waals surface area (Å²) in [7, 11) is 0. The molecule has 0 spiro atoms. The molecule has 1 aliphatic rings. The third-order valence-corrected chi connectivity index (χ3v) is 4.51. The summed E-state index contributed by atoms with van der Waals surface area (Å²) in [4.78, 5) is 2.57. The van der Waals surface area contributed by atoms with E-state index >= 15 is 0 Å². The van der Waals surface area contributed by atoms with Gasteiger partial charge in [-0.2, -0.15) is 0 Å². The van der Waals surface area contributed by atoms with Gasteiger partial charge in [-0.05, 0) is 55.0 Å². The standard InChI is InChI=1S/C19H28N2/c1-19(2,3)18-10-13-21(14-11-18)15-17-8-6-16(7-9-17)5-4-12-20/h6-9,18H,10-15,20H2,1-3H3. The molecule has 0 amide bonds. The monoisotopic (exact) mass is 284 g/mol. The van der Waals surface area contributed by atoms with E-state index in [0.29, 0.717) is 12.0 Å². The second-order valence-electron chi connectivity index (χ2n) is 7.12. The van der Waals surface area contributed by atoms with Gasteiger partial charge in [0.25, 0.3) is 0 Å². The Kier molecular flexibility index (Phi) is 5.45. The van der Waals surface area contributed by atoms with E-state index in [9.17, 15) is 0 Å². The fourth-order valence-corrected chi connectivity index (χ4v) is 3.06. The van der Waals surface area contributed by atoms with Crippen molar-refractivity contribution in [2.45, 2.75) is 40.2 Å². The average Bonchev–Trinajstić information content (AvgIpc) is 2.46. The summed E-state index contributed by atoms with van der Waals surface area (Å²) in [5.41, 5.74) is 8.27. The molecular formula is C19H28N2. The summed E-state index contributed by atoms with van der Waals surface area (Å²) >= 11 is 0. The van der Waals surface area contributed by atoms with Gasteiger partial charge in [-0.25, -0.2) is 0 Å². The zero-order valence-corrected chi connectivity index (χ0v) is 13.7. The molecule has 0 saturated carbocycles. The van der Waals surface area contributed by atoms with Gasteiger partial charge in [-0.3, -0.25) is 4.90 Å². The van der Waals surface area contributed by atoms with Crippen molar-refractivity contribution in [1.82, 2.24) is 4.90 Å². The third-order valence-electron chi connectivity index (χ3n) is 4.51. The van der Waals surface area contributed by atoms with E-state index in [2.05, 4.69) is 61.8 Å². The first-order chi connectivity index (χ1) is 9.99. The van der Waals surface area contributed by atoms with Gasteiger partial charge in [0.2, 0.25) is 0 Å². The third kappa shape index (κ3) is 4.88. The summed E-state index contributed by atoms with van der Waals surface area (Å²) in [6, 6.07) is 8.58. The SMILES string of the molecule is CC(C)(C)C1CCN(Cc2ccc(C#CCN)cc2)CC1. The Morgan fingerprint density at radius 1 is 1.14 bits per heavy atom. The highest BCUT2D eigenvalue weighted by Gasteiger charge is 2.28. The highest BCUT2D eigenvalue weighted by Crippen LogP contribution is 2.34. The van der Waals surface area contributed by atoms with Crippen molar-refractivity contribution in [3.63, 3.8) is 0 Å². The van der Waals surface area contributed by atoms with Crippen LogP contribution in [0.25, 0.3) is 0 Å². The molecule has 2 N–H and O–H groups in total. The summed E-state index contributed by atoms with van der Waals surface area (Å²) in [5, 5.41) is 0. The number of nitrogens with two attached hydrogens (primary N) is 1. The number of hydrogen-bond donors (Lipinski definition) is 1. The second kappa shape index (κ2) is 7.11. The molecule has 114 valence electrons. The fourth-order valence-electron chi connectivity index (χ4n) is 3.06. The van der Waals surface area contributed by atoms with Crippen molar-refractivity contribution in [3.05, 3.63) is 35.4 Å². The molecule has 1 fully saturated rings. The van der Waals surface area contributed by atoms with Gasteiger partial charge in [0.05, 0.1) is 6.54 Å². The lowest BCUT2D eigenvalue weighted by molar-refractivity contribution is 0.108. The Hall–Kier alpha value is -1.30. The molecule has 1 aromatic rings. The van der Waals surface area contributed by atoms with Crippen LogP contribution in [0.1, 0.15) is 44.7 Å². The number of likely N-dealkylation sites (tertiary alicyclic amines) is 1. The van der Waals surface area contributed by atoms with Gasteiger partial charge in [-0.15, -0.1) is 0 Å². The van der Waals surface area contributed by atoms with Gasteiger partial charge in [-0.1, -0.05) is 44.7 Å². The lowest BCUT2D eigenvalue weighted by Gasteiger charge is -2.38. The summed E-state index contributed by atoms with van der Waals surface area (Å²) in [6.07, 6.45) is 2.65. The van der Waals surface area contributed by atoms with E-state index in [1.807, 2.05) is 0 Å². The Morgan fingerprint density at radius 2 is 1.76 bits per heavy atom. The van der Waals surface area contributed by atoms with E-state index in [0.717, 1.165) is 18.0 Å². The number of benzene rings is 1. The van der Waals surface area contributed by atoms with Crippen LogP contribution in [0, 0.1) is 23.2 Å². The Balaban J connectivity index is 1.86. The Morgan fingerprint density at radius 3 is 2.29 bits per heavy atom. The van der Waals surface area contributed by atoms with E-state index in [4.69, 9.17) is 5.73 Å². The maximum atomic E-state index is 5.39. The molecule has 1 saturated heterocycles. The van der Waals surface area contributed by atoms with Crippen molar-refractivity contribution < 1.29 is 0 Å². The molecule has 0 bridgehead atoms. The number of piperidine rings is 1. The van der Waals surface area contributed by atoms with Crippen molar-refractivity contribution >= 4 is 0 Å². The van der Waals surface area contributed by atoms with E-state index in [1.54, 1.807) is 0 Å². The highest BCUT2D eigenvalue weighted by molar-refractivity contribution is 5.36. The van der Waals surface area contributed by atoms with Crippen LogP contribution < -0.4 is 5.73 Å². The summed E-state index contributed by atoms with van der Waals surface area (Å²) in [5.74, 6) is 6.82. The minimum absolute atomic E-state index is 0.421. The molecule has 1 aliphatic heterocycles. The zero-order chi connectivity index (χ0) is 15.3. The molecule has 1 heterocycles. The van der Waals surface area contributed by atoms with E-state index in [1.165, 1.54) is 31.5 Å². The molecule has 2 heteroatoms. The van der Waals surface area contributed by atoms with E-state index < -0.39 is 0 Å². The molecule has 2 rings (SSSR count). The van der Waals surface area contributed by atoms with Crippen LogP contribution in [-0.2, 0) is 6.54 Å². The van der Waals surface area contributed by atoms with Gasteiger partial charge in [0.1, 0.15) is 0 Å². The molecule has 1 aromatic carbocycles. The molecule has 0 radical (unpaired) electrons. The van der Waals surface area contributed by atoms with Crippen LogP contribution in [0.5, 0.6) is 0 Å².